The number of hydrogen-bond donors (Lipinski definition) is 1. The largest absolute Gasteiger partial charge is 0.378 e. The van der Waals surface area contributed by atoms with Crippen LogP contribution < -0.4 is 5.32 Å². The van der Waals surface area contributed by atoms with Crippen molar-refractivity contribution in [2.45, 2.75) is 31.7 Å². The van der Waals surface area contributed by atoms with Crippen LogP contribution in [0.2, 0.25) is 0 Å². The van der Waals surface area contributed by atoms with Crippen LogP contribution in [0.4, 0.5) is 11.6 Å². The second-order valence-corrected chi connectivity index (χ2v) is 8.13. The molecule has 0 spiro atoms. The summed E-state index contributed by atoms with van der Waals surface area (Å²) in [7, 11) is 0. The van der Waals surface area contributed by atoms with E-state index in [0.717, 1.165) is 31.1 Å². The molecule has 2 saturated heterocycles. The van der Waals surface area contributed by atoms with Gasteiger partial charge in [-0.15, -0.1) is 5.10 Å². The molecule has 5 rings (SSSR count). The number of anilines is 2. The number of nitrogens with one attached hydrogen (secondary N) is 1. The Morgan fingerprint density at radius 3 is 2.79 bits per heavy atom. The second-order valence-electron chi connectivity index (χ2n) is 8.13. The predicted molar refractivity (Wildman–Crippen MR) is 116 cm³/mol. The van der Waals surface area contributed by atoms with Gasteiger partial charge < -0.3 is 10.1 Å². The van der Waals surface area contributed by atoms with Crippen molar-refractivity contribution >= 4 is 11.6 Å². The van der Waals surface area contributed by atoms with Crippen molar-refractivity contribution in [3.63, 3.8) is 0 Å². The summed E-state index contributed by atoms with van der Waals surface area (Å²) in [6.07, 6.45) is 4.24. The molecule has 0 radical (unpaired) electrons. The molecular formula is C23H29N5O. The van der Waals surface area contributed by atoms with Crippen molar-refractivity contribution in [2.24, 2.45) is 0 Å². The van der Waals surface area contributed by atoms with Crippen LogP contribution >= 0.6 is 0 Å². The van der Waals surface area contributed by atoms with Crippen molar-refractivity contribution in [2.75, 3.05) is 31.6 Å². The summed E-state index contributed by atoms with van der Waals surface area (Å²) in [6.45, 7) is 6.26. The monoisotopic (exact) mass is 391 g/mol. The lowest BCUT2D eigenvalue weighted by atomic mass is 9.88. The van der Waals surface area contributed by atoms with E-state index in [2.05, 4.69) is 45.4 Å². The van der Waals surface area contributed by atoms with Crippen LogP contribution in [0.1, 0.15) is 31.3 Å². The molecule has 1 unspecified atom stereocenters. The highest BCUT2D eigenvalue weighted by Gasteiger charge is 2.31. The Bertz CT molecular complexity index is 973. The predicted octanol–water partition coefficient (Wildman–Crippen LogP) is 4.14. The molecule has 152 valence electrons. The molecule has 2 aromatic carbocycles. The number of aryl methyl sites for hydroxylation is 1. The molecule has 0 aliphatic carbocycles. The first-order valence-electron chi connectivity index (χ1n) is 10.4. The Balaban J connectivity index is 0.00000218. The van der Waals surface area contributed by atoms with E-state index in [9.17, 15) is 0 Å². The summed E-state index contributed by atoms with van der Waals surface area (Å²) >= 11 is 0. The van der Waals surface area contributed by atoms with Crippen LogP contribution in [0.3, 0.4) is 0 Å². The van der Waals surface area contributed by atoms with Crippen molar-refractivity contribution in [3.8, 4) is 5.69 Å². The van der Waals surface area contributed by atoms with Gasteiger partial charge in [0.05, 0.1) is 24.9 Å². The van der Waals surface area contributed by atoms with Crippen molar-refractivity contribution < 1.29 is 6.16 Å². The number of rotatable bonds is 5. The zero-order chi connectivity index (χ0) is 19.6. The number of ether oxygens (including phenoxy) is 1. The van der Waals surface area contributed by atoms with E-state index in [-0.39, 0.29) is 1.43 Å². The number of para-hydroxylation sites is 1. The van der Waals surface area contributed by atoms with Crippen molar-refractivity contribution in [3.05, 3.63) is 66.0 Å². The van der Waals surface area contributed by atoms with Gasteiger partial charge in [0, 0.05) is 13.7 Å². The maximum absolute atomic E-state index is 5.40. The lowest BCUT2D eigenvalue weighted by Crippen LogP contribution is -2.52. The van der Waals surface area contributed by atoms with Gasteiger partial charge in [0.25, 0.3) is 0 Å². The highest BCUT2D eigenvalue weighted by Crippen LogP contribution is 2.32. The van der Waals surface area contributed by atoms with Gasteiger partial charge in [-0.05, 0) is 67.6 Å². The van der Waals surface area contributed by atoms with Crippen molar-refractivity contribution in [1.29, 1.82) is 0 Å². The lowest BCUT2D eigenvalue weighted by Gasteiger charge is -2.42. The third-order valence-electron chi connectivity index (χ3n) is 5.93. The van der Waals surface area contributed by atoms with E-state index in [1.165, 1.54) is 30.5 Å². The molecule has 2 aliphatic rings. The fraction of sp³-hybridized carbons (Fsp3) is 0.391. The first-order valence-corrected chi connectivity index (χ1v) is 10.4. The fourth-order valence-electron chi connectivity index (χ4n) is 4.32. The molecule has 2 aliphatic heterocycles. The molecular weight excluding hydrogens is 362 g/mol. The molecule has 1 aromatic heterocycles. The minimum Gasteiger partial charge on any atom is -0.378 e. The maximum atomic E-state index is 5.40. The highest BCUT2D eigenvalue weighted by atomic mass is 16.5. The average molecular weight is 392 g/mol. The molecule has 6 heteroatoms. The van der Waals surface area contributed by atoms with E-state index >= 15 is 0 Å². The van der Waals surface area contributed by atoms with E-state index in [4.69, 9.17) is 4.74 Å². The number of hydrogen-bond acceptors (Lipinski definition) is 5. The number of likely N-dealkylation sites (tertiary alicyclic amines) is 1. The summed E-state index contributed by atoms with van der Waals surface area (Å²) in [5, 5.41) is 7.97. The first-order chi connectivity index (χ1) is 14.2. The van der Waals surface area contributed by atoms with Gasteiger partial charge in [-0.3, -0.25) is 4.90 Å². The molecule has 2 fully saturated rings. The summed E-state index contributed by atoms with van der Waals surface area (Å²) in [5.41, 5.74) is 4.71. The zero-order valence-electron chi connectivity index (χ0n) is 16.8. The van der Waals surface area contributed by atoms with E-state index in [1.807, 2.05) is 30.3 Å². The molecule has 0 saturated carbocycles. The standard InChI is InChI=1S/C23H27N5O.H2/c1-17-10-19(18-6-5-9-27(13-18)22-14-29-15-22)12-20(11-17)25-23-24-16-28(26-23)21-7-3-2-4-8-21;/h2-4,7-8,10-12,16,18,22H,5-6,9,13-15H2,1H3,(H,25,26);1H. The van der Waals surface area contributed by atoms with Gasteiger partial charge in [-0.25, -0.2) is 4.68 Å². The molecule has 3 heterocycles. The quantitative estimate of drug-likeness (QED) is 0.708. The first kappa shape index (κ1) is 18.3. The van der Waals surface area contributed by atoms with Gasteiger partial charge in [0.2, 0.25) is 5.95 Å². The van der Waals surface area contributed by atoms with Gasteiger partial charge in [-0.2, -0.15) is 4.98 Å². The van der Waals surface area contributed by atoms with Crippen LogP contribution in [0.25, 0.3) is 5.69 Å². The fourth-order valence-corrected chi connectivity index (χ4v) is 4.32. The molecule has 6 nitrogen and oxygen atoms in total. The number of benzene rings is 2. The van der Waals surface area contributed by atoms with Crippen LogP contribution in [-0.2, 0) is 4.74 Å². The Morgan fingerprint density at radius 2 is 2.00 bits per heavy atom. The molecule has 1 atom stereocenters. The topological polar surface area (TPSA) is 55.2 Å². The Morgan fingerprint density at radius 1 is 1.14 bits per heavy atom. The minimum atomic E-state index is 0. The van der Waals surface area contributed by atoms with Gasteiger partial charge in [0.1, 0.15) is 6.33 Å². The van der Waals surface area contributed by atoms with Crippen molar-refractivity contribution in [1.82, 2.24) is 19.7 Å². The van der Waals surface area contributed by atoms with E-state index in [0.29, 0.717) is 17.9 Å². The van der Waals surface area contributed by atoms with Crippen LogP contribution in [0, 0.1) is 6.92 Å². The highest BCUT2D eigenvalue weighted by molar-refractivity contribution is 5.56. The van der Waals surface area contributed by atoms with E-state index in [1.54, 1.807) is 11.0 Å². The third kappa shape index (κ3) is 4.04. The summed E-state index contributed by atoms with van der Waals surface area (Å²) in [4.78, 5) is 7.04. The molecule has 0 amide bonds. The maximum Gasteiger partial charge on any atom is 0.246 e. The van der Waals surface area contributed by atoms with Gasteiger partial charge >= 0.3 is 0 Å². The number of piperidine rings is 1. The lowest BCUT2D eigenvalue weighted by molar-refractivity contribution is -0.0721. The normalized spacial score (nSPS) is 20.4. The average Bonchev–Trinajstić information content (AvgIpc) is 3.16. The third-order valence-corrected chi connectivity index (χ3v) is 5.93. The Labute approximate surface area is 173 Å². The second kappa shape index (κ2) is 7.97. The molecule has 0 bridgehead atoms. The summed E-state index contributed by atoms with van der Waals surface area (Å²) in [5.74, 6) is 1.18. The van der Waals surface area contributed by atoms with E-state index < -0.39 is 0 Å². The van der Waals surface area contributed by atoms with Crippen LogP contribution in [-0.4, -0.2) is 52.0 Å². The van der Waals surface area contributed by atoms with Crippen LogP contribution in [0.5, 0.6) is 0 Å². The smallest absolute Gasteiger partial charge is 0.246 e. The molecule has 1 N–H and O–H groups in total. The SMILES string of the molecule is Cc1cc(Nc2ncn(-c3ccccc3)n2)cc(C2CCCN(C3COC3)C2)c1.[HH]. The summed E-state index contributed by atoms with van der Waals surface area (Å²) < 4.78 is 7.19. The Hall–Kier alpha value is -2.70. The van der Waals surface area contributed by atoms with Gasteiger partial charge in [-0.1, -0.05) is 24.3 Å². The van der Waals surface area contributed by atoms with Crippen LogP contribution in [0.15, 0.2) is 54.9 Å². The number of nitrogens with zero attached hydrogens (tertiary/aromatic N) is 4. The zero-order valence-corrected chi connectivity index (χ0v) is 16.8. The molecule has 29 heavy (non-hydrogen) atoms. The molecule has 3 aromatic rings. The summed E-state index contributed by atoms with van der Waals surface area (Å²) in [6, 6.07) is 17.4. The number of aromatic nitrogens is 3. The minimum absolute atomic E-state index is 0. The Kier molecular flexibility index (Phi) is 5.04. The van der Waals surface area contributed by atoms with Gasteiger partial charge in [0.15, 0.2) is 0 Å².